The third-order valence-corrected chi connectivity index (χ3v) is 5.35. The summed E-state index contributed by atoms with van der Waals surface area (Å²) in [6.45, 7) is 0. The summed E-state index contributed by atoms with van der Waals surface area (Å²) < 4.78 is 23.1. The minimum absolute atomic E-state index is 0.253. The lowest BCUT2D eigenvalue weighted by Gasteiger charge is -2.23. The van der Waals surface area contributed by atoms with Gasteiger partial charge in [-0.15, -0.1) is 0 Å². The van der Waals surface area contributed by atoms with Crippen LogP contribution in [0, 0.1) is 0 Å². The largest absolute Gasteiger partial charge is 0.219 e. The highest BCUT2D eigenvalue weighted by atomic mass is 127. The number of fused-ring (bicyclic) bond motifs is 1. The first kappa shape index (κ1) is 10.9. The molecule has 74 valence electrons. The van der Waals surface area contributed by atoms with Gasteiger partial charge in [0.05, 0.1) is 4.90 Å². The lowest BCUT2D eigenvalue weighted by Crippen LogP contribution is -2.16. The van der Waals surface area contributed by atoms with Gasteiger partial charge in [0.15, 0.2) is 9.84 Å². The molecule has 1 aliphatic heterocycles. The van der Waals surface area contributed by atoms with E-state index in [4.69, 9.17) is 0 Å². The van der Waals surface area contributed by atoms with E-state index in [-0.39, 0.29) is 1.43 Å². The van der Waals surface area contributed by atoms with Crippen LogP contribution in [-0.4, -0.2) is 8.42 Å². The van der Waals surface area contributed by atoms with E-state index < -0.39 is 9.84 Å². The zero-order valence-corrected chi connectivity index (χ0v) is 12.1. The maximum Gasteiger partial charge on any atom is 0.199 e. The van der Waals surface area contributed by atoms with E-state index in [0.29, 0.717) is 4.90 Å². The molecule has 2 rings (SSSR count). The smallest absolute Gasteiger partial charge is 0.199 e. The van der Waals surface area contributed by atoms with Gasteiger partial charge in [-0.1, -0.05) is 63.4 Å². The van der Waals surface area contributed by atoms with Crippen LogP contribution in [0.2, 0.25) is 0 Å². The minimum Gasteiger partial charge on any atom is -0.219 e. The number of sulfone groups is 1. The standard InChI is InChI=1S/C9H6I2O2S/c10-9(11)5-6-14(12,13)8-4-2-1-3-7(8)9/h1-6H. The molecule has 0 saturated carbocycles. The average molecular weight is 432 g/mol. The Hall–Kier alpha value is 0.370. The number of hydrogen-bond acceptors (Lipinski definition) is 2. The molecule has 2 nitrogen and oxygen atoms in total. The van der Waals surface area contributed by atoms with Crippen LogP contribution in [0.5, 0.6) is 0 Å². The minimum atomic E-state index is -3.20. The summed E-state index contributed by atoms with van der Waals surface area (Å²) in [5.74, 6) is 0. The molecule has 1 aromatic carbocycles. The Bertz CT molecular complexity index is 503. The topological polar surface area (TPSA) is 34.1 Å². The van der Waals surface area contributed by atoms with E-state index >= 15 is 0 Å². The maximum atomic E-state index is 11.7. The van der Waals surface area contributed by atoms with Crippen molar-refractivity contribution in [3.63, 3.8) is 0 Å². The second-order valence-electron chi connectivity index (χ2n) is 2.97. The van der Waals surface area contributed by atoms with Crippen LogP contribution in [0.4, 0.5) is 0 Å². The summed E-state index contributed by atoms with van der Waals surface area (Å²) in [7, 11) is -3.20. The van der Waals surface area contributed by atoms with E-state index in [9.17, 15) is 8.42 Å². The highest BCUT2D eigenvalue weighted by Gasteiger charge is 2.33. The van der Waals surface area contributed by atoms with Crippen LogP contribution < -0.4 is 0 Å². The van der Waals surface area contributed by atoms with Crippen molar-refractivity contribution >= 4 is 55.0 Å². The van der Waals surface area contributed by atoms with E-state index in [1.807, 2.05) is 12.1 Å². The Labute approximate surface area is 110 Å². The van der Waals surface area contributed by atoms with Crippen molar-refractivity contribution in [1.29, 1.82) is 0 Å². The van der Waals surface area contributed by atoms with E-state index in [2.05, 4.69) is 45.2 Å². The monoisotopic (exact) mass is 432 g/mol. The molecule has 0 aromatic heterocycles. The van der Waals surface area contributed by atoms with E-state index in [0.717, 1.165) is 5.56 Å². The van der Waals surface area contributed by atoms with Crippen LogP contribution in [-0.2, 0) is 11.3 Å². The van der Waals surface area contributed by atoms with E-state index in [1.54, 1.807) is 18.2 Å². The van der Waals surface area contributed by atoms with Gasteiger partial charge in [-0.05, 0) is 12.1 Å². The molecule has 0 unspecified atom stereocenters. The molecule has 1 heterocycles. The predicted molar refractivity (Wildman–Crippen MR) is 72.5 cm³/mol. The fourth-order valence-electron chi connectivity index (χ4n) is 1.33. The van der Waals surface area contributed by atoms with Gasteiger partial charge in [0.1, 0.15) is 1.43 Å². The normalized spacial score (nSPS) is 21.6. The number of rotatable bonds is 0. The van der Waals surface area contributed by atoms with Gasteiger partial charge in [0.25, 0.3) is 0 Å². The molecule has 0 N–H and O–H groups in total. The molecule has 0 amide bonds. The van der Waals surface area contributed by atoms with Crippen LogP contribution in [0.25, 0.3) is 0 Å². The fraction of sp³-hybridized carbons (Fsp3) is 0.111. The van der Waals surface area contributed by atoms with Crippen LogP contribution in [0.3, 0.4) is 0 Å². The van der Waals surface area contributed by atoms with Crippen LogP contribution in [0.1, 0.15) is 5.56 Å². The average Bonchev–Trinajstić information content (AvgIpc) is 2.14. The first-order valence-electron chi connectivity index (χ1n) is 3.85. The number of halogens is 2. The van der Waals surface area contributed by atoms with Gasteiger partial charge in [-0.25, -0.2) is 8.42 Å². The molecule has 0 spiro atoms. The summed E-state index contributed by atoms with van der Waals surface area (Å²) in [6.07, 6.45) is 1.71. The van der Waals surface area contributed by atoms with Crippen molar-refractivity contribution in [2.24, 2.45) is 0 Å². The third kappa shape index (κ3) is 1.73. The van der Waals surface area contributed by atoms with Crippen molar-refractivity contribution in [2.45, 2.75) is 6.32 Å². The zero-order valence-electron chi connectivity index (χ0n) is 6.94. The summed E-state index contributed by atoms with van der Waals surface area (Å²) in [4.78, 5) is 0.423. The van der Waals surface area contributed by atoms with Crippen molar-refractivity contribution in [3.8, 4) is 0 Å². The Balaban J connectivity index is 2.81. The maximum absolute atomic E-state index is 11.7. The molecular weight excluding hydrogens is 426 g/mol. The van der Waals surface area contributed by atoms with Crippen molar-refractivity contribution in [1.82, 2.24) is 0 Å². The van der Waals surface area contributed by atoms with Gasteiger partial charge in [-0.3, -0.25) is 0 Å². The molecule has 1 aliphatic rings. The molecule has 0 fully saturated rings. The summed E-state index contributed by atoms with van der Waals surface area (Å²) >= 11 is 4.47. The van der Waals surface area contributed by atoms with Crippen molar-refractivity contribution < 1.29 is 8.42 Å². The molecular formula is C9H6I2O2S. The molecule has 0 aliphatic carbocycles. The summed E-state index contributed by atoms with van der Waals surface area (Å²) in [5.41, 5.74) is 0.851. The van der Waals surface area contributed by atoms with Gasteiger partial charge in [-0.2, -0.15) is 0 Å². The lowest BCUT2D eigenvalue weighted by molar-refractivity contribution is 0.602. The summed E-state index contributed by atoms with van der Waals surface area (Å²) in [6, 6.07) is 7.12. The Morgan fingerprint density at radius 1 is 1.14 bits per heavy atom. The van der Waals surface area contributed by atoms with Gasteiger partial charge in [0, 0.05) is 11.0 Å². The highest BCUT2D eigenvalue weighted by molar-refractivity contribution is 14.2. The Kier molecular flexibility index (Phi) is 2.68. The zero-order chi connectivity index (χ0) is 10.4. The SMILES string of the molecule is O=S1(=O)C=CC(I)(I)c2ccccc21. The van der Waals surface area contributed by atoms with E-state index in [1.165, 1.54) is 5.41 Å². The Morgan fingerprint density at radius 2 is 1.79 bits per heavy atom. The number of benzene rings is 1. The molecule has 0 atom stereocenters. The Morgan fingerprint density at radius 3 is 2.43 bits per heavy atom. The molecule has 0 radical (unpaired) electrons. The highest BCUT2D eigenvalue weighted by Crippen LogP contribution is 2.46. The van der Waals surface area contributed by atoms with Crippen molar-refractivity contribution in [2.75, 3.05) is 0 Å². The van der Waals surface area contributed by atoms with Crippen LogP contribution in [0.15, 0.2) is 40.6 Å². The number of hydrogen-bond donors (Lipinski definition) is 0. The first-order chi connectivity index (χ1) is 6.43. The second kappa shape index (κ2) is 3.44. The molecule has 0 saturated heterocycles. The summed E-state index contributed by atoms with van der Waals surface area (Å²) in [5, 5.41) is 1.29. The van der Waals surface area contributed by atoms with Gasteiger partial charge in [0.2, 0.25) is 0 Å². The molecule has 14 heavy (non-hydrogen) atoms. The first-order valence-corrected chi connectivity index (χ1v) is 7.55. The van der Waals surface area contributed by atoms with Gasteiger partial charge >= 0.3 is 0 Å². The van der Waals surface area contributed by atoms with Gasteiger partial charge < -0.3 is 0 Å². The third-order valence-electron chi connectivity index (χ3n) is 2.01. The quantitative estimate of drug-likeness (QED) is 0.467. The molecule has 5 heteroatoms. The van der Waals surface area contributed by atoms with Crippen LogP contribution >= 0.6 is 45.2 Å². The lowest BCUT2D eigenvalue weighted by atomic mass is 10.1. The molecule has 1 aromatic rings. The number of alkyl halides is 2. The molecule has 0 bridgehead atoms. The van der Waals surface area contributed by atoms with Crippen molar-refractivity contribution in [3.05, 3.63) is 41.3 Å². The number of allylic oxidation sites excluding steroid dienone is 1. The second-order valence-corrected chi connectivity index (χ2v) is 10.2. The fourth-order valence-corrected chi connectivity index (χ4v) is 4.82. The predicted octanol–water partition coefficient (Wildman–Crippen LogP) is 3.01.